The van der Waals surface area contributed by atoms with E-state index in [0.717, 1.165) is 48.8 Å². The van der Waals surface area contributed by atoms with E-state index < -0.39 is 0 Å². The van der Waals surface area contributed by atoms with Gasteiger partial charge >= 0.3 is 0 Å². The quantitative estimate of drug-likeness (QED) is 0.273. The van der Waals surface area contributed by atoms with Crippen molar-refractivity contribution in [3.8, 4) is 0 Å². The first-order valence-corrected chi connectivity index (χ1v) is 11.3. The fraction of sp³-hybridized carbons (Fsp3) is 0.400. The van der Waals surface area contributed by atoms with Crippen LogP contribution in [0.5, 0.6) is 0 Å². The van der Waals surface area contributed by atoms with Crippen LogP contribution in [0.1, 0.15) is 48.4 Å². The van der Waals surface area contributed by atoms with Crippen LogP contribution in [0.25, 0.3) is 11.0 Å². The zero-order valence-corrected chi connectivity index (χ0v) is 19.5. The number of amides is 1. The Hall–Kier alpha value is -3.35. The molecule has 3 aromatic rings. The van der Waals surface area contributed by atoms with Gasteiger partial charge in [0.15, 0.2) is 5.96 Å². The largest absolute Gasteiger partial charge is 0.356 e. The third-order valence-electron chi connectivity index (χ3n) is 5.59. The van der Waals surface area contributed by atoms with Crippen molar-refractivity contribution in [2.75, 3.05) is 13.6 Å². The van der Waals surface area contributed by atoms with Crippen molar-refractivity contribution < 1.29 is 4.79 Å². The monoisotopic (exact) mass is 434 g/mol. The summed E-state index contributed by atoms with van der Waals surface area (Å²) in [6.45, 7) is 8.46. The van der Waals surface area contributed by atoms with Crippen LogP contribution < -0.4 is 16.0 Å². The third kappa shape index (κ3) is 6.09. The van der Waals surface area contributed by atoms with Crippen LogP contribution in [-0.2, 0) is 13.1 Å². The van der Waals surface area contributed by atoms with Gasteiger partial charge < -0.3 is 20.5 Å². The van der Waals surface area contributed by atoms with Crippen LogP contribution in [0, 0.1) is 6.92 Å². The molecular weight excluding hydrogens is 400 g/mol. The number of rotatable bonds is 9. The maximum Gasteiger partial charge on any atom is 0.251 e. The number of para-hydroxylation sites is 2. The number of aromatic nitrogens is 2. The molecule has 32 heavy (non-hydrogen) atoms. The first-order valence-electron chi connectivity index (χ1n) is 11.3. The lowest BCUT2D eigenvalue weighted by Crippen LogP contribution is -2.37. The van der Waals surface area contributed by atoms with E-state index in [1.54, 1.807) is 7.05 Å². The van der Waals surface area contributed by atoms with Gasteiger partial charge in [-0.3, -0.25) is 9.79 Å². The molecule has 0 aliphatic heterocycles. The highest BCUT2D eigenvalue weighted by Crippen LogP contribution is 2.15. The van der Waals surface area contributed by atoms with E-state index >= 15 is 0 Å². The van der Waals surface area contributed by atoms with Gasteiger partial charge in [0.25, 0.3) is 5.91 Å². The molecule has 0 aliphatic rings. The second-order valence-electron chi connectivity index (χ2n) is 7.99. The summed E-state index contributed by atoms with van der Waals surface area (Å²) in [7, 11) is 1.77. The molecule has 0 bridgehead atoms. The zero-order chi connectivity index (χ0) is 22.9. The molecule has 7 nitrogen and oxygen atoms in total. The van der Waals surface area contributed by atoms with Crippen LogP contribution in [-0.4, -0.2) is 41.1 Å². The zero-order valence-electron chi connectivity index (χ0n) is 19.5. The summed E-state index contributed by atoms with van der Waals surface area (Å²) in [4.78, 5) is 21.1. The van der Waals surface area contributed by atoms with Crippen LogP contribution in [0.4, 0.5) is 0 Å². The van der Waals surface area contributed by atoms with Gasteiger partial charge in [-0.2, -0.15) is 0 Å². The summed E-state index contributed by atoms with van der Waals surface area (Å²) in [5.41, 5.74) is 3.99. The Balaban J connectivity index is 1.44. The van der Waals surface area contributed by atoms with E-state index in [2.05, 4.69) is 49.6 Å². The van der Waals surface area contributed by atoms with Gasteiger partial charge in [0, 0.05) is 38.3 Å². The van der Waals surface area contributed by atoms with Gasteiger partial charge in [0.1, 0.15) is 5.82 Å². The van der Waals surface area contributed by atoms with Crippen LogP contribution in [0.2, 0.25) is 0 Å². The van der Waals surface area contributed by atoms with E-state index in [-0.39, 0.29) is 11.9 Å². The Morgan fingerprint density at radius 3 is 2.59 bits per heavy atom. The third-order valence-corrected chi connectivity index (χ3v) is 5.59. The van der Waals surface area contributed by atoms with Crippen molar-refractivity contribution >= 4 is 22.9 Å². The number of aryl methyl sites for hydroxylation is 2. The minimum Gasteiger partial charge on any atom is -0.356 e. The minimum atomic E-state index is -0.0303. The molecule has 3 N–H and O–H groups in total. The molecule has 7 heteroatoms. The van der Waals surface area contributed by atoms with Gasteiger partial charge in [-0.05, 0) is 56.5 Å². The molecule has 170 valence electrons. The second-order valence-corrected chi connectivity index (χ2v) is 7.99. The lowest BCUT2D eigenvalue weighted by Gasteiger charge is -2.14. The van der Waals surface area contributed by atoms with Crippen molar-refractivity contribution in [1.82, 2.24) is 25.5 Å². The first kappa shape index (κ1) is 23.3. The molecule has 1 atom stereocenters. The van der Waals surface area contributed by atoms with Crippen molar-refractivity contribution in [2.45, 2.75) is 52.7 Å². The topological polar surface area (TPSA) is 83.3 Å². The molecule has 1 heterocycles. The Morgan fingerprint density at radius 1 is 1.12 bits per heavy atom. The Morgan fingerprint density at radius 2 is 1.88 bits per heavy atom. The summed E-state index contributed by atoms with van der Waals surface area (Å²) in [5.74, 6) is 1.77. The number of hydrogen-bond donors (Lipinski definition) is 3. The van der Waals surface area contributed by atoms with Gasteiger partial charge in [-0.25, -0.2) is 4.98 Å². The molecule has 0 saturated carbocycles. The number of carbonyl (C=O) groups excluding carboxylic acids is 1. The maximum absolute atomic E-state index is 12.2. The number of imidazole rings is 1. The molecule has 1 aromatic heterocycles. The number of nitrogens with one attached hydrogen (secondary N) is 3. The fourth-order valence-electron chi connectivity index (χ4n) is 3.51. The van der Waals surface area contributed by atoms with E-state index in [1.165, 1.54) is 5.52 Å². The molecule has 0 radical (unpaired) electrons. The fourth-order valence-corrected chi connectivity index (χ4v) is 3.51. The van der Waals surface area contributed by atoms with E-state index in [4.69, 9.17) is 0 Å². The molecule has 1 amide bonds. The van der Waals surface area contributed by atoms with Crippen molar-refractivity contribution in [3.63, 3.8) is 0 Å². The molecule has 1 unspecified atom stereocenters. The molecule has 0 aliphatic carbocycles. The molecular formula is C25H34N6O. The molecule has 2 aromatic carbocycles. The summed E-state index contributed by atoms with van der Waals surface area (Å²) < 4.78 is 2.26. The average Bonchev–Trinajstić information content (AvgIpc) is 3.13. The molecule has 0 fully saturated rings. The standard InChI is InChI=1S/C25H34N6O/c1-5-18(2)29-24(32)21-13-11-20(12-14-21)17-28-25(26-4)27-15-8-16-31-19(3)30-22-9-6-7-10-23(22)31/h6-7,9-14,18H,5,8,15-17H2,1-4H3,(H,29,32)(H2,26,27,28). The van der Waals surface area contributed by atoms with Crippen molar-refractivity contribution in [1.29, 1.82) is 0 Å². The molecule has 0 saturated heterocycles. The minimum absolute atomic E-state index is 0.0303. The normalized spacial score (nSPS) is 12.6. The number of carbonyl (C=O) groups is 1. The van der Waals surface area contributed by atoms with Gasteiger partial charge in [0.2, 0.25) is 0 Å². The summed E-state index contributed by atoms with van der Waals surface area (Å²) in [5, 5.41) is 9.69. The Labute approximate surface area is 190 Å². The van der Waals surface area contributed by atoms with E-state index in [9.17, 15) is 4.79 Å². The van der Waals surface area contributed by atoms with Gasteiger partial charge in [0.05, 0.1) is 11.0 Å². The van der Waals surface area contributed by atoms with E-state index in [1.807, 2.05) is 50.2 Å². The highest BCUT2D eigenvalue weighted by molar-refractivity contribution is 5.94. The highest BCUT2D eigenvalue weighted by atomic mass is 16.1. The highest BCUT2D eigenvalue weighted by Gasteiger charge is 2.09. The Kier molecular flexibility index (Phi) is 8.25. The smallest absolute Gasteiger partial charge is 0.251 e. The first-order chi connectivity index (χ1) is 15.5. The van der Waals surface area contributed by atoms with E-state index in [0.29, 0.717) is 12.1 Å². The maximum atomic E-state index is 12.2. The number of nitrogens with zero attached hydrogens (tertiary/aromatic N) is 3. The van der Waals surface area contributed by atoms with Crippen LogP contribution in [0.3, 0.4) is 0 Å². The molecule has 0 spiro atoms. The van der Waals surface area contributed by atoms with Gasteiger partial charge in [-0.1, -0.05) is 31.2 Å². The van der Waals surface area contributed by atoms with Crippen LogP contribution >= 0.6 is 0 Å². The molecule has 3 rings (SSSR count). The predicted molar refractivity (Wildman–Crippen MR) is 131 cm³/mol. The van der Waals surface area contributed by atoms with Crippen LogP contribution in [0.15, 0.2) is 53.5 Å². The lowest BCUT2D eigenvalue weighted by atomic mass is 10.1. The SMILES string of the molecule is CCC(C)NC(=O)c1ccc(CNC(=NC)NCCCn2c(C)nc3ccccc32)cc1. The summed E-state index contributed by atoms with van der Waals surface area (Å²) >= 11 is 0. The Bertz CT molecular complexity index is 1050. The number of fused-ring (bicyclic) bond motifs is 1. The number of hydrogen-bond acceptors (Lipinski definition) is 3. The number of guanidine groups is 1. The average molecular weight is 435 g/mol. The van der Waals surface area contributed by atoms with Crippen molar-refractivity contribution in [3.05, 3.63) is 65.5 Å². The summed E-state index contributed by atoms with van der Waals surface area (Å²) in [6, 6.07) is 16.1. The number of aliphatic imine (C=N–C) groups is 1. The number of benzene rings is 2. The lowest BCUT2D eigenvalue weighted by molar-refractivity contribution is 0.0939. The summed E-state index contributed by atoms with van der Waals surface area (Å²) in [6.07, 6.45) is 1.88. The predicted octanol–water partition coefficient (Wildman–Crippen LogP) is 3.63. The van der Waals surface area contributed by atoms with Gasteiger partial charge in [-0.15, -0.1) is 0 Å². The second kappa shape index (κ2) is 11.3. The van der Waals surface area contributed by atoms with Crippen molar-refractivity contribution in [2.24, 2.45) is 4.99 Å².